The summed E-state index contributed by atoms with van der Waals surface area (Å²) in [4.78, 5) is 12.8. The Hall–Kier alpha value is -0.710. The predicted molar refractivity (Wildman–Crippen MR) is 44.9 cm³/mol. The lowest BCUT2D eigenvalue weighted by atomic mass is 9.89. The van der Waals surface area contributed by atoms with Gasteiger partial charge < -0.3 is 10.0 Å². The molecule has 2 rings (SSSR count). The molecular weight excluding hydrogens is 192 g/mol. The van der Waals surface area contributed by atoms with Gasteiger partial charge in [-0.05, 0) is 19.3 Å². The van der Waals surface area contributed by atoms with Gasteiger partial charge in [0.1, 0.15) is 0 Å². The van der Waals surface area contributed by atoms with Gasteiger partial charge in [0.2, 0.25) is 5.91 Å². The number of nitrogens with zero attached hydrogens (tertiary/aromatic N) is 1. The summed E-state index contributed by atoms with van der Waals surface area (Å²) in [6.45, 7) is 0.512. The second kappa shape index (κ2) is 3.15. The summed E-state index contributed by atoms with van der Waals surface area (Å²) in [5, 5.41) is 9.72. The number of rotatable bonds is 1. The Morgan fingerprint density at radius 3 is 2.86 bits per heavy atom. The smallest absolute Gasteiger partial charge is 0.269 e. The van der Waals surface area contributed by atoms with Crippen LogP contribution in [0.4, 0.5) is 8.78 Å². The van der Waals surface area contributed by atoms with E-state index in [-0.39, 0.29) is 5.91 Å². The van der Waals surface area contributed by atoms with Crippen LogP contribution in [0.25, 0.3) is 0 Å². The molecule has 1 amide bonds. The number of aliphatic hydroxyl groups is 1. The minimum atomic E-state index is -2.83. The van der Waals surface area contributed by atoms with Crippen LogP contribution in [0.1, 0.15) is 25.7 Å². The number of hydrogen-bond donors (Lipinski definition) is 1. The van der Waals surface area contributed by atoms with E-state index in [0.29, 0.717) is 13.0 Å². The van der Waals surface area contributed by atoms with Crippen molar-refractivity contribution in [3.8, 4) is 0 Å². The number of halogens is 2. The second-order valence-electron chi connectivity index (χ2n) is 4.07. The molecule has 0 aromatic heterocycles. The number of amides is 1. The Kier molecular flexibility index (Phi) is 2.21. The minimum Gasteiger partial charge on any atom is -0.381 e. The van der Waals surface area contributed by atoms with Crippen molar-refractivity contribution in [2.45, 2.75) is 43.8 Å². The van der Waals surface area contributed by atoms with Gasteiger partial charge in [0.05, 0.1) is 12.5 Å². The van der Waals surface area contributed by atoms with Crippen LogP contribution >= 0.6 is 0 Å². The molecule has 0 spiro atoms. The summed E-state index contributed by atoms with van der Waals surface area (Å²) in [7, 11) is 0. The summed E-state index contributed by atoms with van der Waals surface area (Å²) < 4.78 is 25.3. The Balaban J connectivity index is 2.25. The van der Waals surface area contributed by atoms with Gasteiger partial charge in [-0.2, -0.15) is 0 Å². The molecule has 0 aromatic carbocycles. The molecule has 2 aliphatic rings. The van der Waals surface area contributed by atoms with Crippen LogP contribution in [-0.4, -0.2) is 40.5 Å². The van der Waals surface area contributed by atoms with E-state index in [9.17, 15) is 18.7 Å². The maximum Gasteiger partial charge on any atom is 0.269 e. The second-order valence-corrected chi connectivity index (χ2v) is 4.07. The Morgan fingerprint density at radius 2 is 2.21 bits per heavy atom. The van der Waals surface area contributed by atoms with E-state index in [0.717, 1.165) is 12.8 Å². The van der Waals surface area contributed by atoms with Crippen molar-refractivity contribution in [3.05, 3.63) is 0 Å². The number of carbonyl (C=O) groups excluding carboxylic acids is 1. The first-order valence-electron chi connectivity index (χ1n) is 4.85. The summed E-state index contributed by atoms with van der Waals surface area (Å²) in [5.74, 6) is -0.336. The predicted octanol–water partition coefficient (Wildman–Crippen LogP) is 0.767. The lowest BCUT2D eigenvalue weighted by Gasteiger charge is -2.36. The zero-order valence-electron chi connectivity index (χ0n) is 7.75. The molecule has 3 nitrogen and oxygen atoms in total. The summed E-state index contributed by atoms with van der Waals surface area (Å²) in [6, 6.07) is -0.663. The zero-order valence-corrected chi connectivity index (χ0v) is 7.75. The van der Waals surface area contributed by atoms with E-state index in [1.54, 1.807) is 0 Å². The molecular formula is C9H13F2NO2. The molecule has 2 fully saturated rings. The molecule has 1 N–H and O–H groups in total. The average molecular weight is 205 g/mol. The van der Waals surface area contributed by atoms with Crippen LogP contribution in [0.15, 0.2) is 0 Å². The highest BCUT2D eigenvalue weighted by atomic mass is 19.3. The molecule has 14 heavy (non-hydrogen) atoms. The van der Waals surface area contributed by atoms with E-state index < -0.39 is 24.5 Å². The number of carbonyl (C=O) groups is 1. The molecule has 2 atom stereocenters. The standard InChI is InChI=1S/C9H13F2NO2/c10-8(11)9(14)5-7(13)12-4-2-1-3-6(9)12/h6,8,14H,1-5H2. The third kappa shape index (κ3) is 1.22. The van der Waals surface area contributed by atoms with Crippen LogP contribution in [-0.2, 0) is 4.79 Å². The highest BCUT2D eigenvalue weighted by Crippen LogP contribution is 2.39. The zero-order chi connectivity index (χ0) is 10.3. The number of hydrogen-bond acceptors (Lipinski definition) is 2. The van der Waals surface area contributed by atoms with Crippen LogP contribution in [0.3, 0.4) is 0 Å². The fraction of sp³-hybridized carbons (Fsp3) is 0.889. The maximum absolute atomic E-state index is 12.6. The molecule has 2 unspecified atom stereocenters. The molecule has 0 radical (unpaired) electrons. The molecule has 2 saturated heterocycles. The fourth-order valence-corrected chi connectivity index (χ4v) is 2.43. The lowest BCUT2D eigenvalue weighted by molar-refractivity contribution is -0.129. The highest BCUT2D eigenvalue weighted by Gasteiger charge is 2.56. The van der Waals surface area contributed by atoms with E-state index in [2.05, 4.69) is 0 Å². The molecule has 80 valence electrons. The monoisotopic (exact) mass is 205 g/mol. The molecule has 0 aromatic rings. The van der Waals surface area contributed by atoms with Gasteiger partial charge in [-0.25, -0.2) is 8.78 Å². The van der Waals surface area contributed by atoms with Crippen LogP contribution in [0.5, 0.6) is 0 Å². The largest absolute Gasteiger partial charge is 0.381 e. The van der Waals surface area contributed by atoms with Crippen LogP contribution < -0.4 is 0 Å². The van der Waals surface area contributed by atoms with Gasteiger partial charge in [-0.15, -0.1) is 0 Å². The molecule has 0 aliphatic carbocycles. The van der Waals surface area contributed by atoms with Crippen molar-refractivity contribution in [3.63, 3.8) is 0 Å². The van der Waals surface area contributed by atoms with Crippen molar-refractivity contribution in [1.82, 2.24) is 4.90 Å². The van der Waals surface area contributed by atoms with Gasteiger partial charge in [0.25, 0.3) is 6.43 Å². The normalized spacial score (nSPS) is 37.9. The number of piperidine rings is 1. The first-order chi connectivity index (χ1) is 6.55. The van der Waals surface area contributed by atoms with Crippen LogP contribution in [0.2, 0.25) is 0 Å². The van der Waals surface area contributed by atoms with E-state index in [1.165, 1.54) is 4.90 Å². The Morgan fingerprint density at radius 1 is 1.50 bits per heavy atom. The average Bonchev–Trinajstić information content (AvgIpc) is 2.42. The number of alkyl halides is 2. The lowest BCUT2D eigenvalue weighted by Crippen LogP contribution is -2.51. The molecule has 5 heteroatoms. The van der Waals surface area contributed by atoms with E-state index >= 15 is 0 Å². The molecule has 2 aliphatic heterocycles. The Bertz CT molecular complexity index is 259. The van der Waals surface area contributed by atoms with E-state index in [4.69, 9.17) is 0 Å². The third-order valence-corrected chi connectivity index (χ3v) is 3.21. The van der Waals surface area contributed by atoms with Gasteiger partial charge >= 0.3 is 0 Å². The SMILES string of the molecule is O=C1CC(O)(C(F)F)C2CCCCN12. The first-order valence-corrected chi connectivity index (χ1v) is 4.85. The third-order valence-electron chi connectivity index (χ3n) is 3.21. The maximum atomic E-state index is 12.6. The van der Waals surface area contributed by atoms with Gasteiger partial charge in [0, 0.05) is 6.54 Å². The fourth-order valence-electron chi connectivity index (χ4n) is 2.43. The molecule has 2 heterocycles. The molecule has 0 saturated carbocycles. The van der Waals surface area contributed by atoms with E-state index in [1.807, 2.05) is 0 Å². The van der Waals surface area contributed by atoms with Crippen molar-refractivity contribution >= 4 is 5.91 Å². The topological polar surface area (TPSA) is 40.5 Å². The van der Waals surface area contributed by atoms with Gasteiger partial charge in [-0.3, -0.25) is 4.79 Å². The number of fused-ring (bicyclic) bond motifs is 1. The summed E-state index contributed by atoms with van der Waals surface area (Å²) in [6.07, 6.45) is -1.10. The first kappa shape index (κ1) is 9.83. The Labute approximate surface area is 80.7 Å². The van der Waals surface area contributed by atoms with Crippen molar-refractivity contribution in [1.29, 1.82) is 0 Å². The molecule has 0 bridgehead atoms. The van der Waals surface area contributed by atoms with Crippen molar-refractivity contribution in [2.75, 3.05) is 6.54 Å². The van der Waals surface area contributed by atoms with Gasteiger partial charge in [0.15, 0.2) is 5.60 Å². The van der Waals surface area contributed by atoms with Crippen LogP contribution in [0, 0.1) is 0 Å². The van der Waals surface area contributed by atoms with Crippen molar-refractivity contribution < 1.29 is 18.7 Å². The quantitative estimate of drug-likeness (QED) is 0.686. The highest BCUT2D eigenvalue weighted by molar-refractivity contribution is 5.81. The summed E-state index contributed by atoms with van der Waals surface area (Å²) in [5.41, 5.74) is -2.10. The van der Waals surface area contributed by atoms with Gasteiger partial charge in [-0.1, -0.05) is 0 Å². The summed E-state index contributed by atoms with van der Waals surface area (Å²) >= 11 is 0. The minimum absolute atomic E-state index is 0.336. The van der Waals surface area contributed by atoms with Crippen molar-refractivity contribution in [2.24, 2.45) is 0 Å².